The average Bonchev–Trinajstić information content (AvgIpc) is 2.51. The van der Waals surface area contributed by atoms with Crippen LogP contribution in [0.3, 0.4) is 0 Å². The zero-order chi connectivity index (χ0) is 15.2. The maximum absolute atomic E-state index is 12.2. The lowest BCUT2D eigenvalue weighted by molar-refractivity contribution is -0.133. The van der Waals surface area contributed by atoms with Crippen molar-refractivity contribution >= 4 is 5.91 Å². The van der Waals surface area contributed by atoms with Gasteiger partial charge in [-0.15, -0.1) is 0 Å². The fourth-order valence-corrected chi connectivity index (χ4v) is 2.73. The number of nitrogens with one attached hydrogen (secondary N) is 1. The van der Waals surface area contributed by atoms with Crippen molar-refractivity contribution in [3.63, 3.8) is 0 Å². The molecule has 1 aromatic rings. The van der Waals surface area contributed by atoms with Crippen LogP contribution in [-0.4, -0.2) is 43.6 Å². The topological polar surface area (TPSA) is 41.6 Å². The molecule has 0 unspecified atom stereocenters. The molecule has 0 spiro atoms. The Morgan fingerprint density at radius 1 is 1.43 bits per heavy atom. The van der Waals surface area contributed by atoms with E-state index in [9.17, 15) is 4.79 Å². The summed E-state index contributed by atoms with van der Waals surface area (Å²) in [5.74, 6) is 1.08. The maximum Gasteiger partial charge on any atom is 0.226 e. The fraction of sp³-hybridized carbons (Fsp3) is 0.588. The number of hydrogen-bond donors (Lipinski definition) is 1. The number of piperidine rings is 1. The summed E-state index contributed by atoms with van der Waals surface area (Å²) in [5, 5.41) is 3.26. The summed E-state index contributed by atoms with van der Waals surface area (Å²) in [6.07, 6.45) is 2.68. The molecule has 1 fully saturated rings. The molecule has 4 nitrogen and oxygen atoms in total. The van der Waals surface area contributed by atoms with Gasteiger partial charge in [-0.25, -0.2) is 0 Å². The minimum absolute atomic E-state index is 0.195. The third-order valence-corrected chi connectivity index (χ3v) is 4.31. The second-order valence-corrected chi connectivity index (χ2v) is 5.76. The summed E-state index contributed by atoms with van der Waals surface area (Å²) in [5.41, 5.74) is 2.37. The summed E-state index contributed by atoms with van der Waals surface area (Å²) >= 11 is 0. The molecule has 0 aromatic heterocycles. The molecule has 21 heavy (non-hydrogen) atoms. The standard InChI is InChI=1S/C17H26N2O2/c1-13-6-4-8-16(14(13)2)21-11-9-17(20)19-10-5-7-15(12-19)18-3/h4,6,8,15,18H,5,7,9-12H2,1-3H3/t15-/m0/s1. The summed E-state index contributed by atoms with van der Waals surface area (Å²) in [4.78, 5) is 14.2. The van der Waals surface area contributed by atoms with Crippen molar-refractivity contribution in [3.05, 3.63) is 29.3 Å². The molecule has 0 radical (unpaired) electrons. The van der Waals surface area contributed by atoms with E-state index in [1.165, 1.54) is 5.56 Å². The number of nitrogens with zero attached hydrogens (tertiary/aromatic N) is 1. The largest absolute Gasteiger partial charge is 0.493 e. The first-order valence-corrected chi connectivity index (χ1v) is 7.76. The molecule has 2 rings (SSSR count). The second kappa shape index (κ2) is 7.46. The number of aryl methyl sites for hydroxylation is 1. The molecule has 1 aromatic carbocycles. The van der Waals surface area contributed by atoms with Crippen LogP contribution in [-0.2, 0) is 4.79 Å². The predicted molar refractivity (Wildman–Crippen MR) is 84.7 cm³/mol. The van der Waals surface area contributed by atoms with E-state index in [4.69, 9.17) is 4.74 Å². The van der Waals surface area contributed by atoms with Crippen molar-refractivity contribution in [2.45, 2.75) is 39.2 Å². The van der Waals surface area contributed by atoms with E-state index in [1.807, 2.05) is 24.1 Å². The minimum Gasteiger partial charge on any atom is -0.493 e. The summed E-state index contributed by atoms with van der Waals surface area (Å²) in [7, 11) is 1.96. The van der Waals surface area contributed by atoms with Crippen LogP contribution in [0.2, 0.25) is 0 Å². The van der Waals surface area contributed by atoms with Crippen molar-refractivity contribution in [1.82, 2.24) is 10.2 Å². The highest BCUT2D eigenvalue weighted by molar-refractivity contribution is 5.76. The lowest BCUT2D eigenvalue weighted by Gasteiger charge is -2.32. The SMILES string of the molecule is CN[C@H]1CCCN(C(=O)CCOc2cccc(C)c2C)C1. The van der Waals surface area contributed by atoms with Crippen LogP contribution < -0.4 is 10.1 Å². The quantitative estimate of drug-likeness (QED) is 0.904. The molecule has 0 saturated carbocycles. The van der Waals surface area contributed by atoms with E-state index in [0.717, 1.165) is 37.2 Å². The van der Waals surface area contributed by atoms with Gasteiger partial charge in [-0.3, -0.25) is 4.79 Å². The van der Waals surface area contributed by atoms with Gasteiger partial charge in [-0.2, -0.15) is 0 Å². The van der Waals surface area contributed by atoms with E-state index < -0.39 is 0 Å². The summed E-state index contributed by atoms with van der Waals surface area (Å²) < 4.78 is 5.77. The zero-order valence-corrected chi connectivity index (χ0v) is 13.3. The van der Waals surface area contributed by atoms with Crippen molar-refractivity contribution in [2.24, 2.45) is 0 Å². The number of benzene rings is 1. The number of likely N-dealkylation sites (N-methyl/N-ethyl adjacent to an activating group) is 1. The predicted octanol–water partition coefficient (Wildman–Crippen LogP) is 2.28. The molecule has 1 aliphatic rings. The van der Waals surface area contributed by atoms with Gasteiger partial charge in [-0.05, 0) is 50.9 Å². The summed E-state index contributed by atoms with van der Waals surface area (Å²) in [6.45, 7) is 6.26. The first-order valence-electron chi connectivity index (χ1n) is 7.76. The molecule has 1 atom stereocenters. The van der Waals surface area contributed by atoms with Crippen LogP contribution in [0.4, 0.5) is 0 Å². The number of carbonyl (C=O) groups is 1. The molecule has 0 bridgehead atoms. The molecule has 1 heterocycles. The molecule has 0 aliphatic carbocycles. The van der Waals surface area contributed by atoms with E-state index in [-0.39, 0.29) is 5.91 Å². The Kier molecular flexibility index (Phi) is 5.62. The van der Waals surface area contributed by atoms with Crippen LogP contribution in [0.5, 0.6) is 5.75 Å². The van der Waals surface area contributed by atoms with E-state index in [2.05, 4.69) is 25.2 Å². The van der Waals surface area contributed by atoms with Gasteiger partial charge >= 0.3 is 0 Å². The minimum atomic E-state index is 0.195. The highest BCUT2D eigenvalue weighted by Crippen LogP contribution is 2.20. The molecular formula is C17H26N2O2. The molecule has 116 valence electrons. The molecule has 1 aliphatic heterocycles. The van der Waals surface area contributed by atoms with Crippen molar-refractivity contribution < 1.29 is 9.53 Å². The van der Waals surface area contributed by atoms with Gasteiger partial charge in [0.2, 0.25) is 5.91 Å². The second-order valence-electron chi connectivity index (χ2n) is 5.76. The number of amides is 1. The molecule has 1 saturated heterocycles. The van der Waals surface area contributed by atoms with Crippen molar-refractivity contribution in [2.75, 3.05) is 26.7 Å². The van der Waals surface area contributed by atoms with Crippen LogP contribution in [0.25, 0.3) is 0 Å². The zero-order valence-electron chi connectivity index (χ0n) is 13.3. The van der Waals surface area contributed by atoms with Gasteiger partial charge in [0.1, 0.15) is 5.75 Å². The van der Waals surface area contributed by atoms with Gasteiger partial charge < -0.3 is 15.0 Å². The lowest BCUT2D eigenvalue weighted by atomic mass is 10.1. The third-order valence-electron chi connectivity index (χ3n) is 4.31. The Labute approximate surface area is 127 Å². The third kappa shape index (κ3) is 4.21. The van der Waals surface area contributed by atoms with Gasteiger partial charge in [0.05, 0.1) is 13.0 Å². The van der Waals surface area contributed by atoms with E-state index in [0.29, 0.717) is 19.1 Å². The van der Waals surface area contributed by atoms with Crippen LogP contribution in [0.15, 0.2) is 18.2 Å². The highest BCUT2D eigenvalue weighted by Gasteiger charge is 2.22. The van der Waals surface area contributed by atoms with Crippen molar-refractivity contribution in [1.29, 1.82) is 0 Å². The molecular weight excluding hydrogens is 264 g/mol. The van der Waals surface area contributed by atoms with E-state index >= 15 is 0 Å². The number of rotatable bonds is 5. The normalized spacial score (nSPS) is 18.6. The Morgan fingerprint density at radius 3 is 3.00 bits per heavy atom. The lowest BCUT2D eigenvalue weighted by Crippen LogP contribution is -2.47. The summed E-state index contributed by atoms with van der Waals surface area (Å²) in [6, 6.07) is 6.45. The maximum atomic E-state index is 12.2. The Morgan fingerprint density at radius 2 is 2.24 bits per heavy atom. The Bertz CT molecular complexity index is 488. The first-order chi connectivity index (χ1) is 10.1. The number of hydrogen-bond acceptors (Lipinski definition) is 3. The first kappa shape index (κ1) is 15.8. The molecule has 1 N–H and O–H groups in total. The average molecular weight is 290 g/mol. The highest BCUT2D eigenvalue weighted by atomic mass is 16.5. The smallest absolute Gasteiger partial charge is 0.226 e. The fourth-order valence-electron chi connectivity index (χ4n) is 2.73. The van der Waals surface area contributed by atoms with Gasteiger partial charge in [-0.1, -0.05) is 12.1 Å². The van der Waals surface area contributed by atoms with Crippen LogP contribution in [0, 0.1) is 13.8 Å². The monoisotopic (exact) mass is 290 g/mol. The van der Waals surface area contributed by atoms with Crippen molar-refractivity contribution in [3.8, 4) is 5.75 Å². The Balaban J connectivity index is 1.80. The van der Waals surface area contributed by atoms with Gasteiger partial charge in [0, 0.05) is 19.1 Å². The van der Waals surface area contributed by atoms with E-state index in [1.54, 1.807) is 0 Å². The van der Waals surface area contributed by atoms with Gasteiger partial charge in [0.15, 0.2) is 0 Å². The van der Waals surface area contributed by atoms with Crippen LogP contribution in [0.1, 0.15) is 30.4 Å². The Hall–Kier alpha value is -1.55. The number of ether oxygens (including phenoxy) is 1. The number of likely N-dealkylation sites (tertiary alicyclic amines) is 1. The van der Waals surface area contributed by atoms with Crippen LogP contribution >= 0.6 is 0 Å². The van der Waals surface area contributed by atoms with Gasteiger partial charge in [0.25, 0.3) is 0 Å². The molecule has 4 heteroatoms. The number of carbonyl (C=O) groups excluding carboxylic acids is 1. The molecule has 1 amide bonds.